The molecule has 0 saturated heterocycles. The van der Waals surface area contributed by atoms with Gasteiger partial charge in [-0.2, -0.15) is 0 Å². The molecule has 0 saturated carbocycles. The average Bonchev–Trinajstić information content (AvgIpc) is 2.84. The summed E-state index contributed by atoms with van der Waals surface area (Å²) in [7, 11) is 0. The monoisotopic (exact) mass is 260 g/mol. The van der Waals surface area contributed by atoms with E-state index in [0.29, 0.717) is 11.5 Å². The third kappa shape index (κ3) is 3.35. The Hall–Kier alpha value is -1.81. The zero-order valence-electron chi connectivity index (χ0n) is 11.3. The first-order chi connectivity index (χ1) is 9.10. The summed E-state index contributed by atoms with van der Waals surface area (Å²) in [5.41, 5.74) is 1.55. The highest BCUT2D eigenvalue weighted by Gasteiger charge is 2.14. The van der Waals surface area contributed by atoms with Crippen LogP contribution in [0.15, 0.2) is 30.5 Å². The van der Waals surface area contributed by atoms with Gasteiger partial charge in [-0.05, 0) is 35.9 Å². The molecular weight excluding hydrogens is 240 g/mol. The lowest BCUT2D eigenvalue weighted by Gasteiger charge is -2.18. The molecular formula is C15H20N2O2. The number of carbonyl (C=O) groups excluding carboxylic acids is 1. The number of aliphatic hydroxyl groups is 1. The number of nitrogens with one attached hydrogen (secondary N) is 2. The van der Waals surface area contributed by atoms with Crippen molar-refractivity contribution in [3.05, 3.63) is 36.0 Å². The summed E-state index contributed by atoms with van der Waals surface area (Å²) in [6.45, 7) is 4.11. The molecule has 1 unspecified atom stereocenters. The molecule has 3 N–H and O–H groups in total. The molecule has 102 valence electrons. The van der Waals surface area contributed by atoms with Crippen LogP contribution in [0.2, 0.25) is 0 Å². The molecule has 0 radical (unpaired) electrons. The number of rotatable bonds is 5. The summed E-state index contributed by atoms with van der Waals surface area (Å²) in [4.78, 5) is 15.2. The number of carbonyl (C=O) groups is 1. The summed E-state index contributed by atoms with van der Waals surface area (Å²) in [5.74, 6) is 0.291. The van der Waals surface area contributed by atoms with E-state index in [1.165, 1.54) is 0 Å². The fraction of sp³-hybridized carbons (Fsp3) is 0.400. The lowest BCUT2D eigenvalue weighted by atomic mass is 10.0. The Balaban J connectivity index is 2.09. The molecule has 1 aromatic carbocycles. The van der Waals surface area contributed by atoms with Crippen molar-refractivity contribution in [3.63, 3.8) is 0 Å². The predicted octanol–water partition coefficient (Wildman–Crippen LogP) is 2.30. The van der Waals surface area contributed by atoms with Gasteiger partial charge in [-0.1, -0.05) is 19.9 Å². The van der Waals surface area contributed by atoms with Crippen LogP contribution in [-0.2, 0) is 0 Å². The Morgan fingerprint density at radius 1 is 1.37 bits per heavy atom. The van der Waals surface area contributed by atoms with Crippen LogP contribution in [0.5, 0.6) is 0 Å². The van der Waals surface area contributed by atoms with Gasteiger partial charge >= 0.3 is 0 Å². The normalized spacial score (nSPS) is 12.8. The third-order valence-corrected chi connectivity index (χ3v) is 3.13. The number of aliphatic hydroxyl groups excluding tert-OH is 1. The van der Waals surface area contributed by atoms with Gasteiger partial charge in [0.05, 0.1) is 12.6 Å². The average molecular weight is 260 g/mol. The molecule has 0 spiro atoms. The SMILES string of the molecule is CC(C)CC(CO)NC(=O)c1ccc2cc[nH]c2c1. The van der Waals surface area contributed by atoms with E-state index in [4.69, 9.17) is 0 Å². The van der Waals surface area contributed by atoms with Crippen molar-refractivity contribution < 1.29 is 9.90 Å². The molecule has 0 fully saturated rings. The predicted molar refractivity (Wildman–Crippen MR) is 76.1 cm³/mol. The maximum absolute atomic E-state index is 12.1. The molecule has 1 heterocycles. The van der Waals surface area contributed by atoms with Gasteiger partial charge in [0.1, 0.15) is 0 Å². The van der Waals surface area contributed by atoms with E-state index in [1.54, 1.807) is 6.07 Å². The van der Waals surface area contributed by atoms with Crippen LogP contribution in [0.25, 0.3) is 10.9 Å². The first kappa shape index (κ1) is 13.6. The van der Waals surface area contributed by atoms with Gasteiger partial charge < -0.3 is 15.4 Å². The fourth-order valence-electron chi connectivity index (χ4n) is 2.21. The second kappa shape index (κ2) is 5.89. The van der Waals surface area contributed by atoms with Crippen LogP contribution in [0.4, 0.5) is 0 Å². The Kier molecular flexibility index (Phi) is 4.22. The molecule has 1 amide bonds. The molecule has 2 aromatic rings. The van der Waals surface area contributed by atoms with Crippen LogP contribution >= 0.6 is 0 Å². The Morgan fingerprint density at radius 3 is 2.84 bits per heavy atom. The van der Waals surface area contributed by atoms with Crippen molar-refractivity contribution in [3.8, 4) is 0 Å². The molecule has 0 bridgehead atoms. The quantitative estimate of drug-likeness (QED) is 0.772. The lowest BCUT2D eigenvalue weighted by Crippen LogP contribution is -2.38. The number of aromatic amines is 1. The third-order valence-electron chi connectivity index (χ3n) is 3.13. The van der Waals surface area contributed by atoms with Crippen molar-refractivity contribution in [1.82, 2.24) is 10.3 Å². The standard InChI is InChI=1S/C15H20N2O2/c1-10(2)7-13(9-18)17-15(19)12-4-3-11-5-6-16-14(11)8-12/h3-6,8,10,13,16,18H,7,9H2,1-2H3,(H,17,19). The van der Waals surface area contributed by atoms with E-state index < -0.39 is 0 Å². The summed E-state index contributed by atoms with van der Waals surface area (Å²) >= 11 is 0. The molecule has 0 aliphatic carbocycles. The molecule has 4 nitrogen and oxygen atoms in total. The van der Waals surface area contributed by atoms with Crippen molar-refractivity contribution >= 4 is 16.8 Å². The van der Waals surface area contributed by atoms with E-state index in [1.807, 2.05) is 24.4 Å². The summed E-state index contributed by atoms with van der Waals surface area (Å²) in [6, 6.07) is 7.32. The summed E-state index contributed by atoms with van der Waals surface area (Å²) in [5, 5.41) is 13.2. The minimum atomic E-state index is -0.188. The zero-order chi connectivity index (χ0) is 13.8. The van der Waals surface area contributed by atoms with Gasteiger partial charge in [-0.25, -0.2) is 0 Å². The minimum Gasteiger partial charge on any atom is -0.394 e. The lowest BCUT2D eigenvalue weighted by molar-refractivity contribution is 0.0908. The van der Waals surface area contributed by atoms with Crippen LogP contribution in [0, 0.1) is 5.92 Å². The molecule has 1 atom stereocenters. The highest BCUT2D eigenvalue weighted by molar-refractivity contribution is 5.98. The van der Waals surface area contributed by atoms with E-state index in [0.717, 1.165) is 17.3 Å². The summed E-state index contributed by atoms with van der Waals surface area (Å²) < 4.78 is 0. The molecule has 0 aliphatic heterocycles. The zero-order valence-corrected chi connectivity index (χ0v) is 11.3. The van der Waals surface area contributed by atoms with E-state index >= 15 is 0 Å². The smallest absolute Gasteiger partial charge is 0.251 e. The van der Waals surface area contributed by atoms with E-state index in [2.05, 4.69) is 24.1 Å². The number of aromatic nitrogens is 1. The first-order valence-corrected chi connectivity index (χ1v) is 6.59. The van der Waals surface area contributed by atoms with E-state index in [9.17, 15) is 9.90 Å². The van der Waals surface area contributed by atoms with Crippen molar-refractivity contribution in [1.29, 1.82) is 0 Å². The number of benzene rings is 1. The van der Waals surface area contributed by atoms with Gasteiger partial charge in [0.25, 0.3) is 5.91 Å². The minimum absolute atomic E-state index is 0.0331. The Morgan fingerprint density at radius 2 is 2.16 bits per heavy atom. The van der Waals surface area contributed by atoms with Crippen LogP contribution < -0.4 is 5.32 Å². The molecule has 19 heavy (non-hydrogen) atoms. The highest BCUT2D eigenvalue weighted by atomic mass is 16.3. The number of fused-ring (bicyclic) bond motifs is 1. The van der Waals surface area contributed by atoms with Gasteiger partial charge in [0.15, 0.2) is 0 Å². The maximum atomic E-state index is 12.1. The molecule has 2 rings (SSSR count). The topological polar surface area (TPSA) is 65.1 Å². The van der Waals surface area contributed by atoms with Crippen LogP contribution in [0.3, 0.4) is 0 Å². The number of hydrogen-bond donors (Lipinski definition) is 3. The first-order valence-electron chi connectivity index (χ1n) is 6.59. The van der Waals surface area contributed by atoms with Crippen molar-refractivity contribution in [2.75, 3.05) is 6.61 Å². The second-order valence-corrected chi connectivity index (χ2v) is 5.26. The summed E-state index contributed by atoms with van der Waals surface area (Å²) in [6.07, 6.45) is 2.62. The molecule has 0 aliphatic rings. The van der Waals surface area contributed by atoms with Crippen LogP contribution in [-0.4, -0.2) is 28.6 Å². The van der Waals surface area contributed by atoms with Gasteiger partial charge in [0, 0.05) is 17.3 Å². The van der Waals surface area contributed by atoms with Crippen molar-refractivity contribution in [2.45, 2.75) is 26.3 Å². The van der Waals surface area contributed by atoms with Crippen LogP contribution in [0.1, 0.15) is 30.6 Å². The number of hydrogen-bond acceptors (Lipinski definition) is 2. The maximum Gasteiger partial charge on any atom is 0.251 e. The largest absolute Gasteiger partial charge is 0.394 e. The number of amides is 1. The highest BCUT2D eigenvalue weighted by Crippen LogP contribution is 2.14. The Bertz CT molecular complexity index is 560. The number of H-pyrrole nitrogens is 1. The second-order valence-electron chi connectivity index (χ2n) is 5.26. The Labute approximate surface area is 112 Å². The van der Waals surface area contributed by atoms with Gasteiger partial charge in [-0.3, -0.25) is 4.79 Å². The van der Waals surface area contributed by atoms with Gasteiger partial charge in [0.2, 0.25) is 0 Å². The fourth-order valence-corrected chi connectivity index (χ4v) is 2.21. The van der Waals surface area contributed by atoms with Crippen molar-refractivity contribution in [2.24, 2.45) is 5.92 Å². The molecule has 1 aromatic heterocycles. The van der Waals surface area contributed by atoms with E-state index in [-0.39, 0.29) is 18.6 Å². The molecule has 4 heteroatoms. The van der Waals surface area contributed by atoms with Gasteiger partial charge in [-0.15, -0.1) is 0 Å².